The van der Waals surface area contributed by atoms with E-state index >= 15 is 0 Å². The molecule has 0 heterocycles. The lowest BCUT2D eigenvalue weighted by atomic mass is 10.0. The van der Waals surface area contributed by atoms with Gasteiger partial charge < -0.3 is 20.5 Å². The van der Waals surface area contributed by atoms with E-state index in [-0.39, 0.29) is 0 Å². The Hall–Kier alpha value is -1.89. The van der Waals surface area contributed by atoms with E-state index in [0.717, 1.165) is 0 Å². The minimum Gasteiger partial charge on any atom is -0.495 e. The normalized spacial score (nSPS) is 12.4. The summed E-state index contributed by atoms with van der Waals surface area (Å²) in [6.45, 7) is 3.22. The smallest absolute Gasteiger partial charge is 0.327 e. The molecular weight excluding hydrogens is 280 g/mol. The van der Waals surface area contributed by atoms with Gasteiger partial charge in [0.2, 0.25) is 0 Å². The number of hydrogen-bond donors (Lipinski definition) is 4. The molecule has 1 aromatic rings. The first-order valence-corrected chi connectivity index (χ1v) is 6.36. The molecule has 1 atom stereocenters. The third-order valence-corrected chi connectivity index (χ3v) is 2.84. The van der Waals surface area contributed by atoms with E-state index in [9.17, 15) is 9.59 Å². The number of carboxylic acid groups (broad SMARTS) is 1. The van der Waals surface area contributed by atoms with Crippen LogP contribution in [-0.4, -0.2) is 35.0 Å². The number of carbonyl (C=O) groups is 2. The number of rotatable bonds is 5. The fourth-order valence-corrected chi connectivity index (χ4v) is 1.75. The molecular formula is C13H18N2O4S. The van der Waals surface area contributed by atoms with E-state index in [1.54, 1.807) is 38.1 Å². The second-order valence-corrected chi connectivity index (χ2v) is 5.88. The molecule has 1 rings (SSSR count). The summed E-state index contributed by atoms with van der Waals surface area (Å²) in [5.41, 5.74) is 0.452. The Balaban J connectivity index is 2.79. The van der Waals surface area contributed by atoms with Crippen molar-refractivity contribution in [2.45, 2.75) is 24.6 Å². The van der Waals surface area contributed by atoms with Gasteiger partial charge in [-0.15, -0.1) is 0 Å². The van der Waals surface area contributed by atoms with Crippen molar-refractivity contribution in [3.8, 4) is 5.75 Å². The number of aliphatic carboxylic acids is 1. The lowest BCUT2D eigenvalue weighted by molar-refractivity contribution is -0.139. The average molecular weight is 298 g/mol. The Kier molecular flexibility index (Phi) is 5.26. The van der Waals surface area contributed by atoms with Crippen LogP contribution in [0.2, 0.25) is 0 Å². The Morgan fingerprint density at radius 1 is 1.35 bits per heavy atom. The molecule has 0 radical (unpaired) electrons. The number of methoxy groups -OCH3 is 1. The fourth-order valence-electron chi connectivity index (χ4n) is 1.58. The molecule has 0 fully saturated rings. The Labute approximate surface area is 122 Å². The zero-order chi connectivity index (χ0) is 15.3. The number of carboxylic acids is 1. The van der Waals surface area contributed by atoms with Crippen molar-refractivity contribution in [2.24, 2.45) is 0 Å². The zero-order valence-electron chi connectivity index (χ0n) is 11.5. The van der Waals surface area contributed by atoms with Crippen molar-refractivity contribution in [3.63, 3.8) is 0 Å². The average Bonchev–Trinajstić information content (AvgIpc) is 2.35. The molecule has 0 bridgehead atoms. The number of anilines is 1. The number of amides is 2. The van der Waals surface area contributed by atoms with Gasteiger partial charge in [0.1, 0.15) is 11.8 Å². The van der Waals surface area contributed by atoms with Gasteiger partial charge in [0.15, 0.2) is 0 Å². The second-order valence-electron chi connectivity index (χ2n) is 4.72. The second kappa shape index (κ2) is 6.51. The van der Waals surface area contributed by atoms with Gasteiger partial charge in [-0.1, -0.05) is 12.1 Å². The van der Waals surface area contributed by atoms with Gasteiger partial charge in [0, 0.05) is 4.75 Å². The summed E-state index contributed by atoms with van der Waals surface area (Å²) in [4.78, 5) is 23.0. The molecule has 1 unspecified atom stereocenters. The van der Waals surface area contributed by atoms with Crippen LogP contribution in [0.3, 0.4) is 0 Å². The number of benzene rings is 1. The van der Waals surface area contributed by atoms with Crippen molar-refractivity contribution in [2.75, 3.05) is 12.4 Å². The number of ether oxygens (including phenoxy) is 1. The van der Waals surface area contributed by atoms with Crippen LogP contribution in [0.4, 0.5) is 10.5 Å². The number of nitrogens with one attached hydrogen (secondary N) is 2. The van der Waals surface area contributed by atoms with E-state index < -0.39 is 22.8 Å². The third-order valence-electron chi connectivity index (χ3n) is 2.58. The highest BCUT2D eigenvalue weighted by Gasteiger charge is 2.33. The van der Waals surface area contributed by atoms with Crippen LogP contribution >= 0.6 is 12.6 Å². The summed E-state index contributed by atoms with van der Waals surface area (Å²) in [5, 5.41) is 14.0. The van der Waals surface area contributed by atoms with Crippen LogP contribution in [0, 0.1) is 0 Å². The summed E-state index contributed by atoms with van der Waals surface area (Å²) in [6, 6.07) is 5.07. The largest absolute Gasteiger partial charge is 0.495 e. The highest BCUT2D eigenvalue weighted by Crippen LogP contribution is 2.23. The first-order valence-electron chi connectivity index (χ1n) is 5.91. The maximum absolute atomic E-state index is 11.9. The number of carbonyl (C=O) groups excluding carboxylic acids is 1. The number of para-hydroxylation sites is 2. The van der Waals surface area contributed by atoms with Crippen molar-refractivity contribution < 1.29 is 19.4 Å². The van der Waals surface area contributed by atoms with Crippen molar-refractivity contribution >= 4 is 30.3 Å². The first-order chi connectivity index (χ1) is 9.25. The molecule has 0 aliphatic heterocycles. The number of thiol groups is 1. The molecule has 2 amide bonds. The predicted molar refractivity (Wildman–Crippen MR) is 79.6 cm³/mol. The van der Waals surface area contributed by atoms with E-state index in [2.05, 4.69) is 23.3 Å². The van der Waals surface area contributed by atoms with E-state index in [1.165, 1.54) is 7.11 Å². The summed E-state index contributed by atoms with van der Waals surface area (Å²) in [7, 11) is 1.48. The van der Waals surface area contributed by atoms with Gasteiger partial charge in [-0.05, 0) is 26.0 Å². The van der Waals surface area contributed by atoms with Gasteiger partial charge >= 0.3 is 12.0 Å². The quantitative estimate of drug-likeness (QED) is 0.626. The molecule has 110 valence electrons. The molecule has 0 aliphatic rings. The minimum atomic E-state index is -1.15. The van der Waals surface area contributed by atoms with Crippen molar-refractivity contribution in [3.05, 3.63) is 24.3 Å². The molecule has 7 heteroatoms. The SMILES string of the molecule is COc1ccccc1NC(=O)NC(C(=O)O)C(C)(C)S. The minimum absolute atomic E-state index is 0.452. The highest BCUT2D eigenvalue weighted by atomic mass is 32.1. The zero-order valence-corrected chi connectivity index (χ0v) is 12.4. The van der Waals surface area contributed by atoms with Gasteiger partial charge in [-0.25, -0.2) is 9.59 Å². The maximum atomic E-state index is 11.9. The monoisotopic (exact) mass is 298 g/mol. The maximum Gasteiger partial charge on any atom is 0.327 e. The molecule has 1 aromatic carbocycles. The Bertz CT molecular complexity index is 499. The van der Waals surface area contributed by atoms with Crippen LogP contribution in [0.1, 0.15) is 13.8 Å². The van der Waals surface area contributed by atoms with Crippen molar-refractivity contribution in [1.82, 2.24) is 5.32 Å². The Morgan fingerprint density at radius 2 is 1.95 bits per heavy atom. The molecule has 0 aliphatic carbocycles. The lowest BCUT2D eigenvalue weighted by Gasteiger charge is -2.27. The predicted octanol–water partition coefficient (Wildman–Crippen LogP) is 1.98. The highest BCUT2D eigenvalue weighted by molar-refractivity contribution is 7.81. The van der Waals surface area contributed by atoms with Crippen LogP contribution in [-0.2, 0) is 4.79 Å². The van der Waals surface area contributed by atoms with Crippen LogP contribution < -0.4 is 15.4 Å². The van der Waals surface area contributed by atoms with Gasteiger partial charge in [-0.3, -0.25) is 0 Å². The summed E-state index contributed by atoms with van der Waals surface area (Å²) >= 11 is 4.18. The van der Waals surface area contributed by atoms with Crippen LogP contribution in [0.5, 0.6) is 5.75 Å². The molecule has 6 nitrogen and oxygen atoms in total. The van der Waals surface area contributed by atoms with E-state index in [1.807, 2.05) is 0 Å². The van der Waals surface area contributed by atoms with Gasteiger partial charge in [0.05, 0.1) is 12.8 Å². The molecule has 0 aromatic heterocycles. The molecule has 0 saturated heterocycles. The van der Waals surface area contributed by atoms with Crippen molar-refractivity contribution in [1.29, 1.82) is 0 Å². The molecule has 20 heavy (non-hydrogen) atoms. The van der Waals surface area contributed by atoms with Gasteiger partial charge in [-0.2, -0.15) is 12.6 Å². The summed E-state index contributed by atoms with van der Waals surface area (Å²) in [6.07, 6.45) is 0. The van der Waals surface area contributed by atoms with Crippen LogP contribution in [0.15, 0.2) is 24.3 Å². The van der Waals surface area contributed by atoms with Gasteiger partial charge in [0.25, 0.3) is 0 Å². The summed E-state index contributed by atoms with van der Waals surface area (Å²) < 4.78 is 4.19. The summed E-state index contributed by atoms with van der Waals surface area (Å²) in [5.74, 6) is -0.667. The lowest BCUT2D eigenvalue weighted by Crippen LogP contribution is -2.52. The Morgan fingerprint density at radius 3 is 2.45 bits per heavy atom. The number of urea groups is 1. The first kappa shape index (κ1) is 16.2. The third kappa shape index (κ3) is 4.34. The molecule has 0 spiro atoms. The van der Waals surface area contributed by atoms with Crippen LogP contribution in [0.25, 0.3) is 0 Å². The number of hydrogen-bond acceptors (Lipinski definition) is 4. The standard InChI is InChI=1S/C13H18N2O4S/c1-13(2,20)10(11(16)17)15-12(18)14-8-6-4-5-7-9(8)19-3/h4-7,10,20H,1-3H3,(H,16,17)(H2,14,15,18). The van der Waals surface area contributed by atoms with E-state index in [4.69, 9.17) is 9.84 Å². The molecule has 0 saturated carbocycles. The molecule has 3 N–H and O–H groups in total. The topological polar surface area (TPSA) is 87.7 Å². The fraction of sp³-hybridized carbons (Fsp3) is 0.385. The van der Waals surface area contributed by atoms with E-state index in [0.29, 0.717) is 11.4 Å².